The molecule has 1 unspecified atom stereocenters. The van der Waals surface area contributed by atoms with Crippen LogP contribution in [0.15, 0.2) is 17.2 Å². The Labute approximate surface area is 74.3 Å². The van der Waals surface area contributed by atoms with E-state index in [1.807, 2.05) is 0 Å². The van der Waals surface area contributed by atoms with Crippen molar-refractivity contribution in [2.24, 2.45) is 0 Å². The van der Waals surface area contributed by atoms with Crippen LogP contribution >= 0.6 is 0 Å². The number of nitrogens with one attached hydrogen (secondary N) is 2. The molecular weight excluding hydrogens is 174 g/mol. The van der Waals surface area contributed by atoms with Gasteiger partial charge in [-0.2, -0.15) is 0 Å². The van der Waals surface area contributed by atoms with Crippen molar-refractivity contribution in [2.45, 2.75) is 6.10 Å². The van der Waals surface area contributed by atoms with Crippen molar-refractivity contribution in [3.63, 3.8) is 0 Å². The Bertz CT molecular complexity index is 312. The van der Waals surface area contributed by atoms with Gasteiger partial charge in [-0.25, -0.2) is 4.98 Å². The monoisotopic (exact) mass is 185 g/mol. The molecule has 72 valence electrons. The standard InChI is InChI=1S/C7H11N3O3/c11-3-5(12)2-8-6-1-7(13)10-4-9-6/h1,4-5,11-12H,2-3H2,(H2,8,9,10,13). The van der Waals surface area contributed by atoms with Gasteiger partial charge in [-0.15, -0.1) is 0 Å². The molecule has 0 saturated heterocycles. The molecular formula is C7H11N3O3. The van der Waals surface area contributed by atoms with E-state index in [4.69, 9.17) is 10.2 Å². The van der Waals surface area contributed by atoms with E-state index in [1.165, 1.54) is 12.4 Å². The van der Waals surface area contributed by atoms with E-state index in [0.717, 1.165) is 0 Å². The molecule has 6 heteroatoms. The normalized spacial score (nSPS) is 12.5. The van der Waals surface area contributed by atoms with Gasteiger partial charge in [0, 0.05) is 12.6 Å². The number of anilines is 1. The summed E-state index contributed by atoms with van der Waals surface area (Å²) in [6.45, 7) is -0.164. The van der Waals surface area contributed by atoms with E-state index in [2.05, 4.69) is 15.3 Å². The first-order valence-corrected chi connectivity index (χ1v) is 3.80. The third-order valence-corrected chi connectivity index (χ3v) is 1.41. The first kappa shape index (κ1) is 9.69. The van der Waals surface area contributed by atoms with Crippen LogP contribution in [0.3, 0.4) is 0 Å². The highest BCUT2D eigenvalue weighted by atomic mass is 16.3. The van der Waals surface area contributed by atoms with E-state index < -0.39 is 6.10 Å². The molecule has 0 bridgehead atoms. The van der Waals surface area contributed by atoms with E-state index >= 15 is 0 Å². The smallest absolute Gasteiger partial charge is 0.252 e. The maximum Gasteiger partial charge on any atom is 0.252 e. The summed E-state index contributed by atoms with van der Waals surface area (Å²) in [7, 11) is 0. The zero-order valence-electron chi connectivity index (χ0n) is 6.90. The van der Waals surface area contributed by atoms with Crippen LogP contribution in [0.5, 0.6) is 0 Å². The molecule has 0 spiro atoms. The van der Waals surface area contributed by atoms with Gasteiger partial charge in [0.05, 0.1) is 19.0 Å². The minimum atomic E-state index is -0.846. The summed E-state index contributed by atoms with van der Waals surface area (Å²) in [5.41, 5.74) is -0.268. The van der Waals surface area contributed by atoms with E-state index in [1.54, 1.807) is 0 Å². The van der Waals surface area contributed by atoms with Crippen molar-refractivity contribution >= 4 is 5.82 Å². The Hall–Kier alpha value is -1.40. The van der Waals surface area contributed by atoms with Gasteiger partial charge in [0.25, 0.3) is 5.56 Å². The van der Waals surface area contributed by atoms with Crippen LogP contribution in [0, 0.1) is 0 Å². The topological polar surface area (TPSA) is 98.2 Å². The molecule has 13 heavy (non-hydrogen) atoms. The number of aromatic amines is 1. The van der Waals surface area contributed by atoms with Gasteiger partial charge >= 0.3 is 0 Å². The molecule has 0 amide bonds. The zero-order valence-corrected chi connectivity index (χ0v) is 6.90. The maximum atomic E-state index is 10.8. The van der Waals surface area contributed by atoms with Gasteiger partial charge in [-0.05, 0) is 0 Å². The van der Waals surface area contributed by atoms with Crippen LogP contribution in [0.1, 0.15) is 0 Å². The van der Waals surface area contributed by atoms with E-state index in [9.17, 15) is 4.79 Å². The van der Waals surface area contributed by atoms with Crippen molar-refractivity contribution in [1.29, 1.82) is 0 Å². The summed E-state index contributed by atoms with van der Waals surface area (Å²) in [5, 5.41) is 20.1. The summed E-state index contributed by atoms with van der Waals surface area (Å²) < 4.78 is 0. The lowest BCUT2D eigenvalue weighted by atomic mass is 10.4. The second-order valence-corrected chi connectivity index (χ2v) is 2.51. The fourth-order valence-corrected chi connectivity index (χ4v) is 0.752. The number of aliphatic hydroxyl groups is 2. The Morgan fingerprint density at radius 2 is 2.46 bits per heavy atom. The highest BCUT2D eigenvalue weighted by Crippen LogP contribution is 1.94. The van der Waals surface area contributed by atoms with Crippen molar-refractivity contribution < 1.29 is 10.2 Å². The fourth-order valence-electron chi connectivity index (χ4n) is 0.752. The number of hydrogen-bond donors (Lipinski definition) is 4. The summed E-state index contributed by atoms with van der Waals surface area (Å²) in [6, 6.07) is 1.27. The van der Waals surface area contributed by atoms with Crippen molar-refractivity contribution in [3.05, 3.63) is 22.7 Å². The van der Waals surface area contributed by atoms with E-state index in [-0.39, 0.29) is 18.7 Å². The molecule has 0 aliphatic carbocycles. The van der Waals surface area contributed by atoms with Crippen molar-refractivity contribution in [3.8, 4) is 0 Å². The van der Waals surface area contributed by atoms with Crippen LogP contribution in [-0.2, 0) is 0 Å². The summed E-state index contributed by atoms with van der Waals surface area (Å²) in [5.74, 6) is 0.372. The number of hydrogen-bond acceptors (Lipinski definition) is 5. The zero-order chi connectivity index (χ0) is 9.68. The van der Waals surface area contributed by atoms with Crippen molar-refractivity contribution in [2.75, 3.05) is 18.5 Å². The summed E-state index contributed by atoms with van der Waals surface area (Å²) >= 11 is 0. The third kappa shape index (κ3) is 3.22. The van der Waals surface area contributed by atoms with E-state index in [0.29, 0.717) is 5.82 Å². The van der Waals surface area contributed by atoms with Crippen molar-refractivity contribution in [1.82, 2.24) is 9.97 Å². The molecule has 1 heterocycles. The van der Waals surface area contributed by atoms with Crippen LogP contribution in [0.25, 0.3) is 0 Å². The Morgan fingerprint density at radius 1 is 1.69 bits per heavy atom. The Balaban J connectivity index is 2.50. The summed E-state index contributed by atoms with van der Waals surface area (Å²) in [6.07, 6.45) is 0.414. The molecule has 1 aromatic rings. The van der Waals surface area contributed by atoms with Gasteiger partial charge in [0.2, 0.25) is 0 Å². The van der Waals surface area contributed by atoms with Gasteiger partial charge < -0.3 is 20.5 Å². The lowest BCUT2D eigenvalue weighted by Gasteiger charge is -2.08. The predicted molar refractivity (Wildman–Crippen MR) is 46.4 cm³/mol. The van der Waals surface area contributed by atoms with Crippen LogP contribution in [-0.4, -0.2) is 39.4 Å². The molecule has 0 radical (unpaired) electrons. The Kier molecular flexibility index (Phi) is 3.41. The number of rotatable bonds is 4. The molecule has 0 saturated carbocycles. The largest absolute Gasteiger partial charge is 0.394 e. The molecule has 6 nitrogen and oxygen atoms in total. The first-order valence-electron chi connectivity index (χ1n) is 3.80. The van der Waals surface area contributed by atoms with Crippen LogP contribution < -0.4 is 10.9 Å². The second-order valence-electron chi connectivity index (χ2n) is 2.51. The lowest BCUT2D eigenvalue weighted by Crippen LogP contribution is -2.24. The molecule has 1 aromatic heterocycles. The molecule has 4 N–H and O–H groups in total. The highest BCUT2D eigenvalue weighted by molar-refractivity contribution is 5.31. The average Bonchev–Trinajstić information content (AvgIpc) is 2.14. The molecule has 0 fully saturated rings. The number of H-pyrrole nitrogens is 1. The molecule has 0 aliphatic rings. The molecule has 0 aromatic carbocycles. The fraction of sp³-hybridized carbons (Fsp3) is 0.429. The van der Waals surface area contributed by atoms with Crippen LogP contribution in [0.2, 0.25) is 0 Å². The minimum absolute atomic E-state index is 0.160. The number of aromatic nitrogens is 2. The maximum absolute atomic E-state index is 10.8. The quantitative estimate of drug-likeness (QED) is 0.459. The average molecular weight is 185 g/mol. The minimum Gasteiger partial charge on any atom is -0.394 e. The Morgan fingerprint density at radius 3 is 3.08 bits per heavy atom. The van der Waals surface area contributed by atoms with Gasteiger partial charge in [-0.3, -0.25) is 4.79 Å². The predicted octanol–water partition coefficient (Wildman–Crippen LogP) is -1.47. The number of aliphatic hydroxyl groups excluding tert-OH is 2. The van der Waals surface area contributed by atoms with Gasteiger partial charge in [-0.1, -0.05) is 0 Å². The second kappa shape index (κ2) is 4.58. The molecule has 1 atom stereocenters. The first-order chi connectivity index (χ1) is 6.22. The number of nitrogens with zero attached hydrogens (tertiary/aromatic N) is 1. The lowest BCUT2D eigenvalue weighted by molar-refractivity contribution is 0.105. The van der Waals surface area contributed by atoms with Gasteiger partial charge in [0.1, 0.15) is 5.82 Å². The third-order valence-electron chi connectivity index (χ3n) is 1.41. The highest BCUT2D eigenvalue weighted by Gasteiger charge is 2.01. The summed E-state index contributed by atoms with van der Waals surface area (Å²) in [4.78, 5) is 16.9. The van der Waals surface area contributed by atoms with Gasteiger partial charge in [0.15, 0.2) is 0 Å². The molecule has 1 rings (SSSR count). The SMILES string of the molecule is O=c1cc(NCC(O)CO)nc[nH]1. The molecule has 0 aliphatic heterocycles. The van der Waals surface area contributed by atoms with Crippen LogP contribution in [0.4, 0.5) is 5.82 Å².